The minimum Gasteiger partial charge on any atom is -0.307 e. The van der Waals surface area contributed by atoms with E-state index in [4.69, 9.17) is 15.0 Å². The number of nitrogens with zero attached hydrogens (tertiary/aromatic N) is 5. The Morgan fingerprint density at radius 1 is 0.258 bits per heavy atom. The maximum atomic E-state index is 5.24. The molecule has 3 aromatic heterocycles. The smallest absolute Gasteiger partial charge is 0.164 e. The largest absolute Gasteiger partial charge is 0.307 e. The van der Waals surface area contributed by atoms with Crippen molar-refractivity contribution < 1.29 is 0 Å². The Morgan fingerprint density at radius 3 is 1.26 bits per heavy atom. The lowest BCUT2D eigenvalue weighted by atomic mass is 10.0. The highest BCUT2D eigenvalue weighted by atomic mass is 15.1. The van der Waals surface area contributed by atoms with Gasteiger partial charge in [0.15, 0.2) is 17.5 Å². The van der Waals surface area contributed by atoms with E-state index in [1.807, 2.05) is 24.3 Å². The summed E-state index contributed by atoms with van der Waals surface area (Å²) in [4.78, 5) is 15.5. The summed E-state index contributed by atoms with van der Waals surface area (Å²) in [7, 11) is 0. The van der Waals surface area contributed by atoms with Crippen molar-refractivity contribution >= 4 is 43.6 Å². The first-order chi connectivity index (χ1) is 30.8. The SMILES string of the molecule is c1ccc(-c2ccc(-c3nc(-c4ccccc4)nc(-c4ccc(-c5ccccc5)c(-n5c6ccccc6c6cccc(-n7c8ccccc8c8ccccc87)c65)c4)n3)cc2)cc1. The Morgan fingerprint density at radius 2 is 0.661 bits per heavy atom. The van der Waals surface area contributed by atoms with E-state index in [-0.39, 0.29) is 0 Å². The Hall–Kier alpha value is -8.41. The van der Waals surface area contributed by atoms with Gasteiger partial charge in [-0.1, -0.05) is 194 Å². The highest BCUT2D eigenvalue weighted by Gasteiger charge is 2.23. The van der Waals surface area contributed by atoms with Crippen molar-refractivity contribution in [3.63, 3.8) is 0 Å². The molecule has 0 saturated heterocycles. The summed E-state index contributed by atoms with van der Waals surface area (Å²) < 4.78 is 4.89. The minimum absolute atomic E-state index is 0.602. The average Bonchev–Trinajstić information content (AvgIpc) is 3.88. The van der Waals surface area contributed by atoms with Crippen molar-refractivity contribution in [2.75, 3.05) is 0 Å². The van der Waals surface area contributed by atoms with Crippen molar-refractivity contribution in [2.45, 2.75) is 0 Å². The van der Waals surface area contributed by atoms with E-state index in [0.29, 0.717) is 17.5 Å². The predicted octanol–water partition coefficient (Wildman–Crippen LogP) is 14.4. The number of benzene rings is 9. The molecule has 5 nitrogen and oxygen atoms in total. The third-order valence-corrected chi connectivity index (χ3v) is 12.0. The Kier molecular flexibility index (Phi) is 8.42. The standard InChI is InChI=1S/C57H37N5/c1-4-17-38(18-5-1)39-31-33-42(34-32-39)56-58-55(41-21-8-3-9-22-41)59-57(60-56)43-35-36-44(40-19-6-2-7-20-40)53(37-43)62-51-29-15-12-25-47(51)48-26-16-30-52(54(48)62)61-49-27-13-10-23-45(49)46-24-11-14-28-50(46)61/h1-37H. The normalized spacial score (nSPS) is 11.5. The molecule has 12 aromatic rings. The summed E-state index contributed by atoms with van der Waals surface area (Å²) in [6, 6.07) is 79.3. The van der Waals surface area contributed by atoms with Gasteiger partial charge in [-0.3, -0.25) is 0 Å². The first kappa shape index (κ1) is 35.5. The first-order valence-corrected chi connectivity index (χ1v) is 21.0. The molecule has 0 unspecified atom stereocenters. The molecule has 0 radical (unpaired) electrons. The van der Waals surface area contributed by atoms with Gasteiger partial charge in [0.05, 0.1) is 33.4 Å². The van der Waals surface area contributed by atoms with Crippen LogP contribution in [0, 0.1) is 0 Å². The highest BCUT2D eigenvalue weighted by molar-refractivity contribution is 6.15. The molecule has 9 aromatic carbocycles. The average molecular weight is 792 g/mol. The second-order valence-electron chi connectivity index (χ2n) is 15.6. The fourth-order valence-corrected chi connectivity index (χ4v) is 9.12. The van der Waals surface area contributed by atoms with Gasteiger partial charge in [-0.2, -0.15) is 0 Å². The Labute approximate surface area is 358 Å². The fraction of sp³-hybridized carbons (Fsp3) is 0. The maximum Gasteiger partial charge on any atom is 0.164 e. The van der Waals surface area contributed by atoms with Gasteiger partial charge in [-0.25, -0.2) is 15.0 Å². The quantitative estimate of drug-likeness (QED) is 0.162. The number of hydrogen-bond donors (Lipinski definition) is 0. The van der Waals surface area contributed by atoms with E-state index in [1.54, 1.807) is 0 Å². The third-order valence-electron chi connectivity index (χ3n) is 12.0. The van der Waals surface area contributed by atoms with Crippen LogP contribution in [0.1, 0.15) is 0 Å². The van der Waals surface area contributed by atoms with E-state index >= 15 is 0 Å². The Bertz CT molecular complexity index is 3550. The van der Waals surface area contributed by atoms with Crippen molar-refractivity contribution in [3.05, 3.63) is 224 Å². The van der Waals surface area contributed by atoms with Crippen LogP contribution in [0.5, 0.6) is 0 Å². The van der Waals surface area contributed by atoms with Crippen LogP contribution in [0.2, 0.25) is 0 Å². The van der Waals surface area contributed by atoms with E-state index in [9.17, 15) is 0 Å². The molecule has 0 aliphatic heterocycles. The minimum atomic E-state index is 0.602. The number of hydrogen-bond acceptors (Lipinski definition) is 3. The lowest BCUT2D eigenvalue weighted by molar-refractivity contribution is 1.07. The van der Waals surface area contributed by atoms with Crippen LogP contribution in [-0.2, 0) is 0 Å². The molecule has 0 aliphatic rings. The highest BCUT2D eigenvalue weighted by Crippen LogP contribution is 2.42. The van der Waals surface area contributed by atoms with Crippen LogP contribution in [0.3, 0.4) is 0 Å². The van der Waals surface area contributed by atoms with Crippen LogP contribution in [0.15, 0.2) is 224 Å². The zero-order valence-electron chi connectivity index (χ0n) is 33.6. The van der Waals surface area contributed by atoms with Crippen molar-refractivity contribution in [3.8, 4) is 67.8 Å². The summed E-state index contributed by atoms with van der Waals surface area (Å²) in [5.41, 5.74) is 14.0. The van der Waals surface area contributed by atoms with Gasteiger partial charge in [-0.05, 0) is 47.0 Å². The third kappa shape index (κ3) is 5.90. The second kappa shape index (κ2) is 14.7. The van der Waals surface area contributed by atoms with Gasteiger partial charge in [-0.15, -0.1) is 0 Å². The predicted molar refractivity (Wildman–Crippen MR) is 256 cm³/mol. The van der Waals surface area contributed by atoms with Gasteiger partial charge in [0.2, 0.25) is 0 Å². The van der Waals surface area contributed by atoms with Crippen molar-refractivity contribution in [1.29, 1.82) is 0 Å². The summed E-state index contributed by atoms with van der Waals surface area (Å²) in [6.07, 6.45) is 0. The summed E-state index contributed by atoms with van der Waals surface area (Å²) >= 11 is 0. The fourth-order valence-electron chi connectivity index (χ4n) is 9.12. The van der Waals surface area contributed by atoms with Gasteiger partial charge in [0, 0.05) is 43.8 Å². The van der Waals surface area contributed by atoms with Gasteiger partial charge in [0.1, 0.15) is 0 Å². The first-order valence-electron chi connectivity index (χ1n) is 21.0. The molecule has 0 amide bonds. The molecule has 12 rings (SSSR count). The van der Waals surface area contributed by atoms with Crippen LogP contribution < -0.4 is 0 Å². The lowest BCUT2D eigenvalue weighted by Gasteiger charge is -2.18. The van der Waals surface area contributed by atoms with Crippen molar-refractivity contribution in [2.24, 2.45) is 0 Å². The molecule has 0 atom stereocenters. The van der Waals surface area contributed by atoms with Gasteiger partial charge >= 0.3 is 0 Å². The van der Waals surface area contributed by atoms with Gasteiger partial charge in [0.25, 0.3) is 0 Å². The molecular formula is C57H37N5. The number of fused-ring (bicyclic) bond motifs is 6. The second-order valence-corrected chi connectivity index (χ2v) is 15.6. The molecule has 0 N–H and O–H groups in total. The Balaban J connectivity index is 1.13. The number of rotatable bonds is 7. The van der Waals surface area contributed by atoms with Gasteiger partial charge < -0.3 is 9.13 Å². The molecule has 0 aliphatic carbocycles. The monoisotopic (exact) mass is 791 g/mol. The molecule has 290 valence electrons. The van der Waals surface area contributed by atoms with Crippen LogP contribution in [0.25, 0.3) is 111 Å². The topological polar surface area (TPSA) is 48.5 Å². The maximum absolute atomic E-state index is 5.24. The van der Waals surface area contributed by atoms with E-state index in [1.165, 1.54) is 21.5 Å². The molecule has 0 bridgehead atoms. The summed E-state index contributed by atoms with van der Waals surface area (Å²) in [5, 5.41) is 4.81. The zero-order valence-corrected chi connectivity index (χ0v) is 33.6. The van der Waals surface area contributed by atoms with Crippen LogP contribution >= 0.6 is 0 Å². The van der Waals surface area contributed by atoms with E-state index in [0.717, 1.165) is 72.4 Å². The molecule has 0 spiro atoms. The number of para-hydroxylation sites is 4. The summed E-state index contributed by atoms with van der Waals surface area (Å²) in [5.74, 6) is 1.84. The van der Waals surface area contributed by atoms with E-state index in [2.05, 4.69) is 209 Å². The molecule has 3 heterocycles. The van der Waals surface area contributed by atoms with Crippen LogP contribution in [-0.4, -0.2) is 24.1 Å². The molecular weight excluding hydrogens is 755 g/mol. The molecule has 62 heavy (non-hydrogen) atoms. The molecule has 0 saturated carbocycles. The summed E-state index contributed by atoms with van der Waals surface area (Å²) in [6.45, 7) is 0. The van der Waals surface area contributed by atoms with Crippen LogP contribution in [0.4, 0.5) is 0 Å². The van der Waals surface area contributed by atoms with E-state index < -0.39 is 0 Å². The molecule has 0 fully saturated rings. The zero-order chi connectivity index (χ0) is 41.0. The molecule has 5 heteroatoms. The number of aromatic nitrogens is 5. The lowest BCUT2D eigenvalue weighted by Crippen LogP contribution is -2.04. The van der Waals surface area contributed by atoms with Crippen molar-refractivity contribution in [1.82, 2.24) is 24.1 Å².